The summed E-state index contributed by atoms with van der Waals surface area (Å²) >= 11 is 1.71. The molecule has 0 saturated carbocycles. The zero-order valence-electron chi connectivity index (χ0n) is 13.4. The molecule has 0 spiro atoms. The summed E-state index contributed by atoms with van der Waals surface area (Å²) in [6, 6.07) is 9.63. The zero-order chi connectivity index (χ0) is 16.7. The van der Waals surface area contributed by atoms with E-state index in [2.05, 4.69) is 24.4 Å². The van der Waals surface area contributed by atoms with Crippen LogP contribution in [-0.4, -0.2) is 16.1 Å². The van der Waals surface area contributed by atoms with Crippen molar-refractivity contribution >= 4 is 39.9 Å². The maximum atomic E-state index is 11.9. The molecule has 3 nitrogen and oxygen atoms in total. The summed E-state index contributed by atoms with van der Waals surface area (Å²) in [6.07, 6.45) is 4.86. The van der Waals surface area contributed by atoms with E-state index in [0.29, 0.717) is 5.56 Å². The highest BCUT2D eigenvalue weighted by molar-refractivity contribution is 7.11. The highest BCUT2D eigenvalue weighted by Crippen LogP contribution is 2.36. The van der Waals surface area contributed by atoms with Crippen LogP contribution in [0.3, 0.4) is 0 Å². The molecule has 24 heavy (non-hydrogen) atoms. The third-order valence-corrected chi connectivity index (χ3v) is 5.56. The summed E-state index contributed by atoms with van der Waals surface area (Å²) in [4.78, 5) is 18.0. The number of rotatable bonds is 2. The zero-order valence-corrected chi connectivity index (χ0v) is 14.2. The van der Waals surface area contributed by atoms with Crippen molar-refractivity contribution < 1.29 is 9.90 Å². The molecule has 3 aromatic rings. The van der Waals surface area contributed by atoms with Gasteiger partial charge in [0.25, 0.3) is 0 Å². The lowest BCUT2D eigenvalue weighted by atomic mass is 9.86. The third-order valence-electron chi connectivity index (χ3n) is 4.59. The van der Waals surface area contributed by atoms with Crippen molar-refractivity contribution in [3.05, 3.63) is 63.0 Å². The van der Waals surface area contributed by atoms with Gasteiger partial charge in [-0.2, -0.15) is 0 Å². The van der Waals surface area contributed by atoms with Crippen LogP contribution in [0.5, 0.6) is 0 Å². The molecule has 0 fully saturated rings. The Kier molecular flexibility index (Phi) is 3.69. The Morgan fingerprint density at radius 1 is 1.25 bits per heavy atom. The number of hydrogen-bond donors (Lipinski definition) is 1. The first-order chi connectivity index (χ1) is 11.6. The van der Waals surface area contributed by atoms with Crippen molar-refractivity contribution in [1.82, 2.24) is 4.98 Å². The first kappa shape index (κ1) is 15.1. The second kappa shape index (κ2) is 5.87. The number of carboxylic acids is 1. The predicted molar refractivity (Wildman–Crippen MR) is 98.6 cm³/mol. The molecular formula is C20H17NO2S. The van der Waals surface area contributed by atoms with E-state index in [9.17, 15) is 9.90 Å². The van der Waals surface area contributed by atoms with Crippen LogP contribution >= 0.6 is 11.3 Å². The van der Waals surface area contributed by atoms with Gasteiger partial charge in [0.05, 0.1) is 16.8 Å². The van der Waals surface area contributed by atoms with Crippen LogP contribution in [-0.2, 0) is 6.42 Å². The molecule has 4 rings (SSSR count). The summed E-state index contributed by atoms with van der Waals surface area (Å²) in [5, 5.41) is 12.6. The van der Waals surface area contributed by atoms with Gasteiger partial charge in [-0.05, 0) is 66.5 Å². The monoisotopic (exact) mass is 335 g/mol. The number of nitrogens with zero attached hydrogens (tertiary/aromatic N) is 1. The Hall–Kier alpha value is -2.46. The topological polar surface area (TPSA) is 50.2 Å². The highest BCUT2D eigenvalue weighted by atomic mass is 32.1. The number of aromatic nitrogens is 1. The molecule has 0 saturated heterocycles. The summed E-state index contributed by atoms with van der Waals surface area (Å²) in [6.45, 7) is 2.10. The Labute approximate surface area is 144 Å². The fourth-order valence-corrected chi connectivity index (χ4v) is 4.29. The lowest BCUT2D eigenvalue weighted by molar-refractivity contribution is 0.0697. The van der Waals surface area contributed by atoms with Crippen molar-refractivity contribution in [3.8, 4) is 0 Å². The molecule has 1 aromatic carbocycles. The average molecular weight is 335 g/mol. The molecule has 2 heterocycles. The van der Waals surface area contributed by atoms with Crippen LogP contribution in [0, 0.1) is 6.92 Å². The van der Waals surface area contributed by atoms with Gasteiger partial charge in [0, 0.05) is 10.3 Å². The van der Waals surface area contributed by atoms with Gasteiger partial charge in [-0.25, -0.2) is 9.78 Å². The van der Waals surface area contributed by atoms with Gasteiger partial charge in [0.15, 0.2) is 0 Å². The van der Waals surface area contributed by atoms with E-state index < -0.39 is 5.97 Å². The minimum atomic E-state index is -0.863. The van der Waals surface area contributed by atoms with Crippen molar-refractivity contribution in [2.75, 3.05) is 0 Å². The van der Waals surface area contributed by atoms with Crippen molar-refractivity contribution in [1.29, 1.82) is 0 Å². The van der Waals surface area contributed by atoms with Gasteiger partial charge in [-0.3, -0.25) is 0 Å². The number of carboxylic acid groups (broad SMARTS) is 1. The number of hydrogen-bond acceptors (Lipinski definition) is 3. The minimum Gasteiger partial charge on any atom is -0.478 e. The molecule has 0 unspecified atom stereocenters. The molecule has 1 N–H and O–H groups in total. The van der Waals surface area contributed by atoms with Gasteiger partial charge in [0.1, 0.15) is 0 Å². The number of pyridine rings is 1. The van der Waals surface area contributed by atoms with E-state index in [0.717, 1.165) is 47.0 Å². The smallest absolute Gasteiger partial charge is 0.336 e. The quantitative estimate of drug-likeness (QED) is 0.702. The van der Waals surface area contributed by atoms with Gasteiger partial charge in [-0.1, -0.05) is 18.2 Å². The van der Waals surface area contributed by atoms with E-state index in [1.54, 1.807) is 11.3 Å². The van der Waals surface area contributed by atoms with Crippen molar-refractivity contribution in [3.63, 3.8) is 0 Å². The fraction of sp³-hybridized carbons (Fsp3) is 0.200. The Bertz CT molecular complexity index is 984. The summed E-state index contributed by atoms with van der Waals surface area (Å²) in [7, 11) is 0. The van der Waals surface area contributed by atoms with Gasteiger partial charge in [0.2, 0.25) is 0 Å². The maximum Gasteiger partial charge on any atom is 0.336 e. The molecule has 4 heteroatoms. The number of benzene rings is 1. The molecule has 0 amide bonds. The molecule has 2 aromatic heterocycles. The highest BCUT2D eigenvalue weighted by Gasteiger charge is 2.24. The van der Waals surface area contributed by atoms with E-state index in [4.69, 9.17) is 4.98 Å². The first-order valence-corrected chi connectivity index (χ1v) is 8.93. The summed E-state index contributed by atoms with van der Waals surface area (Å²) < 4.78 is 0. The van der Waals surface area contributed by atoms with E-state index >= 15 is 0 Å². The van der Waals surface area contributed by atoms with Crippen LogP contribution in [0.25, 0.3) is 22.6 Å². The van der Waals surface area contributed by atoms with Crippen LogP contribution in [0.15, 0.2) is 35.7 Å². The van der Waals surface area contributed by atoms with Crippen LogP contribution in [0.4, 0.5) is 0 Å². The van der Waals surface area contributed by atoms with Gasteiger partial charge in [-0.15, -0.1) is 11.3 Å². The number of aryl methyl sites for hydroxylation is 1. The van der Waals surface area contributed by atoms with Crippen molar-refractivity contribution in [2.45, 2.75) is 26.2 Å². The Balaban J connectivity index is 2.00. The molecule has 0 bridgehead atoms. The molecule has 1 aliphatic rings. The number of carbonyl (C=O) groups is 1. The summed E-state index contributed by atoms with van der Waals surface area (Å²) in [5.74, 6) is -0.863. The number of aromatic carboxylic acids is 1. The minimum absolute atomic E-state index is 0.420. The SMILES string of the molecule is Cc1ccsc1/C=C1/CCCc2c1nc1ccccc1c2C(=O)O. The van der Waals surface area contributed by atoms with E-state index in [1.807, 2.05) is 24.3 Å². The van der Waals surface area contributed by atoms with Crippen LogP contribution in [0.1, 0.15) is 44.9 Å². The van der Waals surface area contributed by atoms with Crippen LogP contribution in [0.2, 0.25) is 0 Å². The molecule has 0 radical (unpaired) electrons. The van der Waals surface area contributed by atoms with Crippen molar-refractivity contribution in [2.24, 2.45) is 0 Å². The first-order valence-electron chi connectivity index (χ1n) is 8.05. The lowest BCUT2D eigenvalue weighted by Crippen LogP contribution is -2.13. The number of para-hydroxylation sites is 1. The molecular weight excluding hydrogens is 318 g/mol. The van der Waals surface area contributed by atoms with Crippen LogP contribution < -0.4 is 0 Å². The second-order valence-corrected chi connectivity index (χ2v) is 7.07. The number of fused-ring (bicyclic) bond motifs is 2. The third kappa shape index (κ3) is 2.43. The Morgan fingerprint density at radius 3 is 2.83 bits per heavy atom. The maximum absolute atomic E-state index is 11.9. The lowest BCUT2D eigenvalue weighted by Gasteiger charge is -2.21. The largest absolute Gasteiger partial charge is 0.478 e. The second-order valence-electron chi connectivity index (χ2n) is 6.13. The number of thiophene rings is 1. The molecule has 0 aliphatic heterocycles. The predicted octanol–water partition coefficient (Wildman–Crippen LogP) is 5.18. The average Bonchev–Trinajstić information content (AvgIpc) is 2.98. The molecule has 1 aliphatic carbocycles. The normalized spacial score (nSPS) is 15.6. The standard InChI is InChI=1S/C20H17NO2S/c1-12-9-10-24-17(12)11-13-5-4-7-15-18(20(22)23)14-6-2-3-8-16(14)21-19(13)15/h2-3,6,8-11H,4-5,7H2,1H3,(H,22,23)/b13-11-. The van der Waals surface area contributed by atoms with Gasteiger partial charge >= 0.3 is 5.97 Å². The molecule has 0 atom stereocenters. The van der Waals surface area contributed by atoms with E-state index in [-0.39, 0.29) is 0 Å². The van der Waals surface area contributed by atoms with Gasteiger partial charge < -0.3 is 5.11 Å². The molecule has 120 valence electrons. The van der Waals surface area contributed by atoms with E-state index in [1.165, 1.54) is 10.4 Å². The summed E-state index contributed by atoms with van der Waals surface area (Å²) in [5.41, 5.74) is 5.32. The fourth-order valence-electron chi connectivity index (χ4n) is 3.41. The number of allylic oxidation sites excluding steroid dienone is 1. The Morgan fingerprint density at radius 2 is 2.08 bits per heavy atom.